The molecule has 31 heavy (non-hydrogen) atoms. The van der Waals surface area contributed by atoms with Crippen LogP contribution in [0.2, 0.25) is 5.02 Å². The van der Waals surface area contributed by atoms with Crippen LogP contribution in [0.15, 0.2) is 47.5 Å². The number of hydrogen-bond acceptors (Lipinski definition) is 6. The summed E-state index contributed by atoms with van der Waals surface area (Å²) in [6, 6.07) is 5.38. The molecule has 2 atom stereocenters. The number of nitrogens with zero attached hydrogens (tertiary/aromatic N) is 5. The van der Waals surface area contributed by atoms with Crippen LogP contribution in [-0.2, 0) is 0 Å². The number of H-pyrrole nitrogens is 2. The predicted octanol–water partition coefficient (Wildman–Crippen LogP) is 3.91. The lowest BCUT2D eigenvalue weighted by Gasteiger charge is -2.37. The van der Waals surface area contributed by atoms with Crippen molar-refractivity contribution in [3.8, 4) is 22.8 Å². The van der Waals surface area contributed by atoms with Crippen LogP contribution in [0.25, 0.3) is 22.8 Å². The highest BCUT2D eigenvalue weighted by atomic mass is 35.5. The Bertz CT molecular complexity index is 1200. The minimum Gasteiger partial charge on any atom is -0.356 e. The molecular formula is C21H20ClN7O2. The van der Waals surface area contributed by atoms with Crippen molar-refractivity contribution >= 4 is 17.5 Å². The minimum absolute atomic E-state index is 0.00161. The highest BCUT2D eigenvalue weighted by molar-refractivity contribution is 6.30. The van der Waals surface area contributed by atoms with Gasteiger partial charge in [0.1, 0.15) is 5.69 Å². The van der Waals surface area contributed by atoms with Crippen molar-refractivity contribution in [3.05, 3.63) is 59.4 Å². The molecule has 0 unspecified atom stereocenters. The Labute approximate surface area is 182 Å². The summed E-state index contributed by atoms with van der Waals surface area (Å²) in [5, 5.41) is 11.5. The summed E-state index contributed by atoms with van der Waals surface area (Å²) in [6.07, 6.45) is 8.48. The van der Waals surface area contributed by atoms with Gasteiger partial charge >= 0.3 is 0 Å². The molecule has 5 rings (SSSR count). The number of pyridine rings is 1. The topological polar surface area (TPSA) is 117 Å². The maximum Gasteiger partial charge on any atom is 0.274 e. The third-order valence-electron chi connectivity index (χ3n) is 5.63. The Kier molecular flexibility index (Phi) is 5.03. The number of carbonyl (C=O) groups is 1. The Hall–Kier alpha value is -3.46. The lowest BCUT2D eigenvalue weighted by molar-refractivity contribution is 0.0604. The number of likely N-dealkylation sites (tertiary alicyclic amines) is 1. The molecule has 0 radical (unpaired) electrons. The third-order valence-corrected chi connectivity index (χ3v) is 5.85. The fourth-order valence-electron chi connectivity index (χ4n) is 3.88. The van der Waals surface area contributed by atoms with Gasteiger partial charge in [-0.25, -0.2) is 0 Å². The fraction of sp³-hybridized carbons (Fsp3) is 0.286. The molecule has 5 heterocycles. The molecule has 1 aliphatic rings. The normalized spacial score (nSPS) is 19.0. The molecule has 1 amide bonds. The van der Waals surface area contributed by atoms with Gasteiger partial charge in [-0.05, 0) is 38.0 Å². The summed E-state index contributed by atoms with van der Waals surface area (Å²) in [6.45, 7) is 2.59. The summed E-state index contributed by atoms with van der Waals surface area (Å²) in [7, 11) is 0. The maximum atomic E-state index is 13.3. The average molecular weight is 438 g/mol. The second kappa shape index (κ2) is 7.99. The first-order chi connectivity index (χ1) is 15.1. The van der Waals surface area contributed by atoms with Gasteiger partial charge in [-0.1, -0.05) is 16.8 Å². The smallest absolute Gasteiger partial charge is 0.274 e. The molecule has 1 saturated heterocycles. The number of aromatic amines is 2. The van der Waals surface area contributed by atoms with Crippen molar-refractivity contribution in [2.24, 2.45) is 0 Å². The van der Waals surface area contributed by atoms with Gasteiger partial charge in [-0.3, -0.25) is 14.9 Å². The lowest BCUT2D eigenvalue weighted by atomic mass is 9.92. The predicted molar refractivity (Wildman–Crippen MR) is 113 cm³/mol. The first kappa shape index (κ1) is 19.5. The second-order valence-electron chi connectivity index (χ2n) is 7.69. The van der Waals surface area contributed by atoms with E-state index in [9.17, 15) is 4.79 Å². The number of rotatable bonds is 4. The van der Waals surface area contributed by atoms with Crippen molar-refractivity contribution in [1.29, 1.82) is 0 Å². The van der Waals surface area contributed by atoms with E-state index in [2.05, 4.69) is 37.2 Å². The zero-order chi connectivity index (χ0) is 21.4. The molecule has 0 aliphatic carbocycles. The fourth-order valence-corrected chi connectivity index (χ4v) is 4.04. The van der Waals surface area contributed by atoms with E-state index in [0.717, 1.165) is 18.4 Å². The van der Waals surface area contributed by atoms with Crippen molar-refractivity contribution in [2.45, 2.75) is 31.7 Å². The van der Waals surface area contributed by atoms with Crippen LogP contribution < -0.4 is 0 Å². The van der Waals surface area contributed by atoms with Crippen molar-refractivity contribution in [2.75, 3.05) is 6.54 Å². The molecule has 2 N–H and O–H groups in total. The molecule has 4 aromatic rings. The molecule has 1 aliphatic heterocycles. The first-order valence-corrected chi connectivity index (χ1v) is 10.4. The lowest BCUT2D eigenvalue weighted by Crippen LogP contribution is -2.45. The zero-order valence-corrected chi connectivity index (χ0v) is 17.5. The van der Waals surface area contributed by atoms with Gasteiger partial charge in [-0.15, -0.1) is 0 Å². The van der Waals surface area contributed by atoms with Crippen LogP contribution >= 0.6 is 11.6 Å². The van der Waals surface area contributed by atoms with Crippen molar-refractivity contribution in [1.82, 2.24) is 35.2 Å². The minimum atomic E-state index is -0.0378. The molecule has 0 bridgehead atoms. The van der Waals surface area contributed by atoms with Crippen LogP contribution in [0, 0.1) is 0 Å². The van der Waals surface area contributed by atoms with E-state index >= 15 is 0 Å². The zero-order valence-electron chi connectivity index (χ0n) is 16.7. The van der Waals surface area contributed by atoms with Crippen LogP contribution in [0.4, 0.5) is 0 Å². The number of hydrogen-bond donors (Lipinski definition) is 2. The van der Waals surface area contributed by atoms with E-state index in [4.69, 9.17) is 16.1 Å². The van der Waals surface area contributed by atoms with Gasteiger partial charge in [-0.2, -0.15) is 10.1 Å². The molecule has 4 aromatic heterocycles. The van der Waals surface area contributed by atoms with Gasteiger partial charge in [0.15, 0.2) is 5.82 Å². The maximum absolute atomic E-state index is 13.3. The Morgan fingerprint density at radius 2 is 2.19 bits per heavy atom. The Morgan fingerprint density at radius 3 is 2.97 bits per heavy atom. The largest absolute Gasteiger partial charge is 0.356 e. The molecule has 158 valence electrons. The van der Waals surface area contributed by atoms with Crippen molar-refractivity contribution < 1.29 is 9.32 Å². The van der Waals surface area contributed by atoms with Gasteiger partial charge in [0.25, 0.3) is 11.8 Å². The molecule has 9 nitrogen and oxygen atoms in total. The van der Waals surface area contributed by atoms with E-state index in [1.807, 2.05) is 4.90 Å². The molecule has 0 spiro atoms. The van der Waals surface area contributed by atoms with Gasteiger partial charge in [0, 0.05) is 48.2 Å². The monoisotopic (exact) mass is 437 g/mol. The number of aromatic nitrogens is 6. The van der Waals surface area contributed by atoms with Crippen LogP contribution in [-0.4, -0.2) is 53.7 Å². The third kappa shape index (κ3) is 3.84. The number of amides is 1. The molecule has 0 saturated carbocycles. The second-order valence-corrected chi connectivity index (χ2v) is 8.12. The number of piperidine rings is 1. The summed E-state index contributed by atoms with van der Waals surface area (Å²) in [5.41, 5.74) is 2.80. The SMILES string of the molecule is C[C@@H]1CC[C@H](c2noc(-c3cc(Cl)c[nH]3)n2)CN1C(=O)c1ccnc(-c2cn[nH]c2)c1. The summed E-state index contributed by atoms with van der Waals surface area (Å²) < 4.78 is 5.41. The van der Waals surface area contributed by atoms with E-state index in [1.54, 1.807) is 43.0 Å². The summed E-state index contributed by atoms with van der Waals surface area (Å²) in [4.78, 5) is 27.1. The standard InChI is InChI=1S/C21H20ClN7O2/c1-12-2-3-14(19-27-20(31-28-19)18-7-16(22)10-24-18)11-29(12)21(30)13-4-5-23-17(6-13)15-8-25-26-9-15/h4-10,12,14,24H,2-3,11H2,1H3,(H,25,26)/t12-,14+/m1/s1. The Morgan fingerprint density at radius 1 is 1.29 bits per heavy atom. The van der Waals surface area contributed by atoms with Crippen LogP contribution in [0.5, 0.6) is 0 Å². The average Bonchev–Trinajstić information content (AvgIpc) is 3.55. The van der Waals surface area contributed by atoms with E-state index in [-0.39, 0.29) is 17.9 Å². The molecular weight excluding hydrogens is 418 g/mol. The van der Waals surface area contributed by atoms with Gasteiger partial charge < -0.3 is 14.4 Å². The van der Waals surface area contributed by atoms with Crippen molar-refractivity contribution in [3.63, 3.8) is 0 Å². The summed E-state index contributed by atoms with van der Waals surface area (Å²) >= 11 is 5.96. The highest BCUT2D eigenvalue weighted by Crippen LogP contribution is 2.31. The van der Waals surface area contributed by atoms with E-state index in [0.29, 0.717) is 40.2 Å². The van der Waals surface area contributed by atoms with Crippen LogP contribution in [0.3, 0.4) is 0 Å². The summed E-state index contributed by atoms with van der Waals surface area (Å²) in [5.74, 6) is 0.944. The van der Waals surface area contributed by atoms with Crippen LogP contribution in [0.1, 0.15) is 41.9 Å². The quantitative estimate of drug-likeness (QED) is 0.500. The first-order valence-electron chi connectivity index (χ1n) is 10.0. The Balaban J connectivity index is 1.36. The number of nitrogens with one attached hydrogen (secondary N) is 2. The van der Waals surface area contributed by atoms with E-state index in [1.165, 1.54) is 0 Å². The highest BCUT2D eigenvalue weighted by Gasteiger charge is 2.33. The van der Waals surface area contributed by atoms with E-state index < -0.39 is 0 Å². The van der Waals surface area contributed by atoms with Gasteiger partial charge in [0.2, 0.25) is 0 Å². The number of carbonyl (C=O) groups excluding carboxylic acids is 1. The van der Waals surface area contributed by atoms with Gasteiger partial charge in [0.05, 0.1) is 16.9 Å². The molecule has 0 aromatic carbocycles. The number of halogens is 1. The molecule has 1 fully saturated rings. The molecule has 10 heteroatoms.